The molecule has 1 heterocycles. The van der Waals surface area contributed by atoms with Crippen molar-refractivity contribution in [2.45, 2.75) is 13.0 Å². The van der Waals surface area contributed by atoms with Crippen molar-refractivity contribution >= 4 is 45.7 Å². The van der Waals surface area contributed by atoms with Crippen molar-refractivity contribution in [1.82, 2.24) is 9.55 Å². The zero-order valence-electron chi connectivity index (χ0n) is 12.7. The van der Waals surface area contributed by atoms with Gasteiger partial charge in [0.1, 0.15) is 6.04 Å². The van der Waals surface area contributed by atoms with E-state index >= 15 is 0 Å². The Bertz CT molecular complexity index is 985. The van der Waals surface area contributed by atoms with Crippen LogP contribution in [0.4, 0.5) is 5.69 Å². The molecule has 1 aromatic heterocycles. The van der Waals surface area contributed by atoms with Crippen molar-refractivity contribution in [3.8, 4) is 0 Å². The first-order chi connectivity index (χ1) is 11.5. The fraction of sp³-hybridized carbons (Fsp3) is 0.118. The van der Waals surface area contributed by atoms with Gasteiger partial charge in [-0.2, -0.15) is 0 Å². The molecule has 0 aliphatic rings. The standard InChI is InChI=1S/C17H13Cl2N3O2/c1-10(16(23)21-15-7-6-11(18)8-13(15)19)22-9-20-14-5-3-2-4-12(14)17(22)24/h2-10H,1H3,(H,21,23)/t10-/m1/s1. The molecule has 0 bridgehead atoms. The molecule has 0 unspecified atom stereocenters. The van der Waals surface area contributed by atoms with Crippen molar-refractivity contribution in [2.24, 2.45) is 0 Å². The number of aromatic nitrogens is 2. The summed E-state index contributed by atoms with van der Waals surface area (Å²) in [5, 5.41) is 3.96. The van der Waals surface area contributed by atoms with Crippen LogP contribution in [0.2, 0.25) is 10.0 Å². The average molecular weight is 362 g/mol. The molecule has 7 heteroatoms. The molecule has 2 aromatic carbocycles. The van der Waals surface area contributed by atoms with E-state index < -0.39 is 6.04 Å². The number of hydrogen-bond acceptors (Lipinski definition) is 3. The minimum atomic E-state index is -0.749. The van der Waals surface area contributed by atoms with Crippen molar-refractivity contribution in [2.75, 3.05) is 5.32 Å². The monoisotopic (exact) mass is 361 g/mol. The summed E-state index contributed by atoms with van der Waals surface area (Å²) in [7, 11) is 0. The Hall–Kier alpha value is -2.37. The fourth-order valence-electron chi connectivity index (χ4n) is 2.31. The summed E-state index contributed by atoms with van der Waals surface area (Å²) in [6.45, 7) is 1.62. The maximum Gasteiger partial charge on any atom is 0.261 e. The van der Waals surface area contributed by atoms with Crippen LogP contribution in [0.3, 0.4) is 0 Å². The van der Waals surface area contributed by atoms with Gasteiger partial charge < -0.3 is 5.32 Å². The molecule has 0 aliphatic heterocycles. The Morgan fingerprint density at radius 3 is 2.71 bits per heavy atom. The van der Waals surface area contributed by atoms with E-state index in [-0.39, 0.29) is 11.5 Å². The van der Waals surface area contributed by atoms with Gasteiger partial charge in [0, 0.05) is 5.02 Å². The molecule has 1 N–H and O–H groups in total. The van der Waals surface area contributed by atoms with Crippen LogP contribution in [0, 0.1) is 0 Å². The van der Waals surface area contributed by atoms with Crippen LogP contribution in [0.15, 0.2) is 53.6 Å². The van der Waals surface area contributed by atoms with Crippen LogP contribution in [0.25, 0.3) is 10.9 Å². The predicted molar refractivity (Wildman–Crippen MR) is 95.8 cm³/mol. The van der Waals surface area contributed by atoms with Crippen molar-refractivity contribution in [3.05, 3.63) is 69.2 Å². The van der Waals surface area contributed by atoms with Crippen LogP contribution in [0.1, 0.15) is 13.0 Å². The van der Waals surface area contributed by atoms with Gasteiger partial charge in [0.05, 0.1) is 27.9 Å². The van der Waals surface area contributed by atoms with Crippen molar-refractivity contribution < 1.29 is 4.79 Å². The van der Waals surface area contributed by atoms with Gasteiger partial charge in [0.25, 0.3) is 5.56 Å². The fourth-order valence-corrected chi connectivity index (χ4v) is 2.77. The first kappa shape index (κ1) is 16.5. The molecule has 0 radical (unpaired) electrons. The zero-order valence-corrected chi connectivity index (χ0v) is 14.2. The summed E-state index contributed by atoms with van der Waals surface area (Å²) >= 11 is 11.9. The highest BCUT2D eigenvalue weighted by Gasteiger charge is 2.18. The quantitative estimate of drug-likeness (QED) is 0.769. The third-order valence-electron chi connectivity index (χ3n) is 3.68. The molecule has 0 spiro atoms. The van der Waals surface area contributed by atoms with E-state index in [1.165, 1.54) is 17.0 Å². The molecule has 24 heavy (non-hydrogen) atoms. The lowest BCUT2D eigenvalue weighted by Gasteiger charge is -2.16. The van der Waals surface area contributed by atoms with E-state index in [9.17, 15) is 9.59 Å². The number of amides is 1. The number of halogens is 2. The van der Waals surface area contributed by atoms with Gasteiger partial charge in [0.2, 0.25) is 5.91 Å². The van der Waals surface area contributed by atoms with E-state index in [1.54, 1.807) is 43.3 Å². The Morgan fingerprint density at radius 1 is 1.21 bits per heavy atom. The number of nitrogens with one attached hydrogen (secondary N) is 1. The molecule has 1 amide bonds. The van der Waals surface area contributed by atoms with Gasteiger partial charge in [-0.05, 0) is 37.3 Å². The summed E-state index contributed by atoms with van der Waals surface area (Å²) in [5.74, 6) is -0.376. The van der Waals surface area contributed by atoms with Gasteiger partial charge in [-0.1, -0.05) is 35.3 Å². The van der Waals surface area contributed by atoms with Crippen LogP contribution in [0.5, 0.6) is 0 Å². The number of hydrogen-bond donors (Lipinski definition) is 1. The first-order valence-electron chi connectivity index (χ1n) is 7.19. The molecule has 3 rings (SSSR count). The molecule has 0 aliphatic carbocycles. The van der Waals surface area contributed by atoms with Gasteiger partial charge in [-0.15, -0.1) is 0 Å². The summed E-state index contributed by atoms with van der Waals surface area (Å²) in [6.07, 6.45) is 1.37. The van der Waals surface area contributed by atoms with Gasteiger partial charge in [-0.25, -0.2) is 4.98 Å². The maximum atomic E-state index is 12.5. The molecule has 0 fully saturated rings. The predicted octanol–water partition coefficient (Wildman–Crippen LogP) is 3.90. The number of para-hydroxylation sites is 1. The topological polar surface area (TPSA) is 64.0 Å². The Balaban J connectivity index is 1.91. The average Bonchev–Trinajstić information content (AvgIpc) is 2.57. The van der Waals surface area contributed by atoms with E-state index in [2.05, 4.69) is 10.3 Å². The van der Waals surface area contributed by atoms with Crippen LogP contribution < -0.4 is 10.9 Å². The largest absolute Gasteiger partial charge is 0.323 e. The molecule has 3 aromatic rings. The minimum absolute atomic E-state index is 0.273. The minimum Gasteiger partial charge on any atom is -0.323 e. The molecule has 0 saturated heterocycles. The number of anilines is 1. The highest BCUT2D eigenvalue weighted by molar-refractivity contribution is 6.36. The number of carbonyl (C=O) groups is 1. The Kier molecular flexibility index (Phi) is 4.55. The van der Waals surface area contributed by atoms with E-state index in [0.29, 0.717) is 26.6 Å². The molecule has 122 valence electrons. The van der Waals surface area contributed by atoms with E-state index in [1.807, 2.05) is 0 Å². The molecule has 5 nitrogen and oxygen atoms in total. The number of benzene rings is 2. The number of rotatable bonds is 3. The lowest BCUT2D eigenvalue weighted by Crippen LogP contribution is -2.31. The first-order valence-corrected chi connectivity index (χ1v) is 7.95. The summed E-state index contributed by atoms with van der Waals surface area (Å²) in [4.78, 5) is 29.2. The molecular formula is C17H13Cl2N3O2. The van der Waals surface area contributed by atoms with Gasteiger partial charge in [-0.3, -0.25) is 14.2 Å². The second-order valence-corrected chi connectivity index (χ2v) is 6.11. The third kappa shape index (κ3) is 3.13. The lowest BCUT2D eigenvalue weighted by molar-refractivity contribution is -0.118. The normalized spacial score (nSPS) is 12.1. The summed E-state index contributed by atoms with van der Waals surface area (Å²) in [5.41, 5.74) is 0.747. The highest BCUT2D eigenvalue weighted by Crippen LogP contribution is 2.26. The zero-order chi connectivity index (χ0) is 17.3. The Labute approximate surface area is 147 Å². The summed E-state index contributed by atoms with van der Waals surface area (Å²) < 4.78 is 1.29. The van der Waals surface area contributed by atoms with Gasteiger partial charge >= 0.3 is 0 Å². The highest BCUT2D eigenvalue weighted by atomic mass is 35.5. The molecule has 0 saturated carbocycles. The maximum absolute atomic E-state index is 12.5. The molecular weight excluding hydrogens is 349 g/mol. The smallest absolute Gasteiger partial charge is 0.261 e. The van der Waals surface area contributed by atoms with Crippen LogP contribution in [-0.4, -0.2) is 15.5 Å². The third-order valence-corrected chi connectivity index (χ3v) is 4.22. The van der Waals surface area contributed by atoms with Crippen molar-refractivity contribution in [3.63, 3.8) is 0 Å². The van der Waals surface area contributed by atoms with Crippen LogP contribution >= 0.6 is 23.2 Å². The number of fused-ring (bicyclic) bond motifs is 1. The lowest BCUT2D eigenvalue weighted by atomic mass is 10.2. The Morgan fingerprint density at radius 2 is 1.96 bits per heavy atom. The second kappa shape index (κ2) is 6.63. The number of nitrogens with zero attached hydrogens (tertiary/aromatic N) is 2. The second-order valence-electron chi connectivity index (χ2n) is 5.26. The van der Waals surface area contributed by atoms with Crippen molar-refractivity contribution in [1.29, 1.82) is 0 Å². The number of carbonyl (C=O) groups excluding carboxylic acids is 1. The van der Waals surface area contributed by atoms with E-state index in [4.69, 9.17) is 23.2 Å². The summed E-state index contributed by atoms with van der Waals surface area (Å²) in [6, 6.07) is 11.0. The van der Waals surface area contributed by atoms with E-state index in [0.717, 1.165) is 0 Å². The van der Waals surface area contributed by atoms with Gasteiger partial charge in [0.15, 0.2) is 0 Å². The SMILES string of the molecule is C[C@H](C(=O)Nc1ccc(Cl)cc1Cl)n1cnc2ccccc2c1=O. The van der Waals surface area contributed by atoms with Crippen LogP contribution in [-0.2, 0) is 4.79 Å². The molecule has 1 atom stereocenters.